The number of imide groups is 1. The molecule has 2 aliphatic carbocycles. The quantitative estimate of drug-likeness (QED) is 0.403. The first-order valence-electron chi connectivity index (χ1n) is 7.68. The number of amides is 2. The molecule has 0 aromatic heterocycles. The van der Waals surface area contributed by atoms with E-state index in [-0.39, 0.29) is 50.9 Å². The van der Waals surface area contributed by atoms with E-state index in [1.165, 1.54) is 11.8 Å². The molecule has 120 valence electrons. The number of anilines is 1. The van der Waals surface area contributed by atoms with Crippen molar-refractivity contribution >= 4 is 55.1 Å². The van der Waals surface area contributed by atoms with Crippen molar-refractivity contribution in [3.05, 3.63) is 29.8 Å². The van der Waals surface area contributed by atoms with Gasteiger partial charge in [0.1, 0.15) is 0 Å². The Bertz CT molecular complexity index is 702. The van der Waals surface area contributed by atoms with E-state index in [0.29, 0.717) is 11.3 Å². The molecule has 4 nitrogen and oxygen atoms in total. The second kappa shape index (κ2) is 5.24. The average molecular weight is 441 g/mol. The summed E-state index contributed by atoms with van der Waals surface area (Å²) < 4.78 is 0. The molecular weight excluding hydrogens is 426 g/mol. The highest BCUT2D eigenvalue weighted by molar-refractivity contribution is 9.12. The third-order valence-electron chi connectivity index (χ3n) is 5.50. The molecule has 1 aliphatic heterocycles. The summed E-state index contributed by atoms with van der Waals surface area (Å²) in [4.78, 5) is 39.1. The molecule has 0 unspecified atom stereocenters. The van der Waals surface area contributed by atoms with Gasteiger partial charge in [0.15, 0.2) is 5.78 Å². The number of halogens is 2. The Balaban J connectivity index is 1.73. The predicted molar refractivity (Wildman–Crippen MR) is 92.9 cm³/mol. The highest BCUT2D eigenvalue weighted by atomic mass is 79.9. The molecule has 2 bridgehead atoms. The van der Waals surface area contributed by atoms with Gasteiger partial charge in [-0.1, -0.05) is 44.0 Å². The highest BCUT2D eigenvalue weighted by Crippen LogP contribution is 2.60. The van der Waals surface area contributed by atoms with Crippen LogP contribution in [-0.2, 0) is 9.59 Å². The fraction of sp³-hybridized carbons (Fsp3) is 0.471. The lowest BCUT2D eigenvalue weighted by atomic mass is 9.81. The molecular formula is C17H15Br2NO3. The summed E-state index contributed by atoms with van der Waals surface area (Å²) in [6.07, 6.45) is 0.917. The smallest absolute Gasteiger partial charge is 0.238 e. The largest absolute Gasteiger partial charge is 0.295 e. The summed E-state index contributed by atoms with van der Waals surface area (Å²) in [6.45, 7) is 1.48. The Kier molecular flexibility index (Phi) is 3.54. The minimum Gasteiger partial charge on any atom is -0.295 e. The zero-order chi connectivity index (χ0) is 16.5. The van der Waals surface area contributed by atoms with Crippen molar-refractivity contribution in [2.45, 2.75) is 23.0 Å². The third-order valence-corrected chi connectivity index (χ3v) is 8.70. The van der Waals surface area contributed by atoms with E-state index in [1.807, 2.05) is 0 Å². The number of carbonyl (C=O) groups excluding carboxylic acids is 3. The van der Waals surface area contributed by atoms with Crippen LogP contribution in [0.3, 0.4) is 0 Å². The van der Waals surface area contributed by atoms with Gasteiger partial charge in [0.2, 0.25) is 11.8 Å². The zero-order valence-electron chi connectivity index (χ0n) is 12.4. The average Bonchev–Trinajstić information content (AvgIpc) is 3.12. The fourth-order valence-corrected chi connectivity index (χ4v) is 6.34. The summed E-state index contributed by atoms with van der Waals surface area (Å²) >= 11 is 7.36. The Morgan fingerprint density at radius 1 is 1.09 bits per heavy atom. The Hall–Kier alpha value is -1.01. The van der Waals surface area contributed by atoms with Gasteiger partial charge >= 0.3 is 0 Å². The van der Waals surface area contributed by atoms with Crippen molar-refractivity contribution in [3.63, 3.8) is 0 Å². The lowest BCUT2D eigenvalue weighted by Gasteiger charge is -2.28. The Morgan fingerprint density at radius 2 is 1.65 bits per heavy atom. The summed E-state index contributed by atoms with van der Waals surface area (Å²) in [6, 6.07) is 6.78. The van der Waals surface area contributed by atoms with Crippen LogP contribution in [0.4, 0.5) is 5.69 Å². The maximum Gasteiger partial charge on any atom is 0.238 e. The SMILES string of the molecule is CC(=O)c1cccc(N2C(=O)[C@@H]3[C@H]4C[C@H]([C@H](Br)[C@@H]4Br)[C@@H]3C2=O)c1. The molecule has 0 radical (unpaired) electrons. The van der Waals surface area contributed by atoms with Crippen LogP contribution < -0.4 is 4.90 Å². The molecule has 0 spiro atoms. The van der Waals surface area contributed by atoms with Gasteiger partial charge in [0.05, 0.1) is 17.5 Å². The topological polar surface area (TPSA) is 54.5 Å². The van der Waals surface area contributed by atoms with Crippen molar-refractivity contribution in [1.29, 1.82) is 0 Å². The number of alkyl halides is 2. The number of hydrogen-bond acceptors (Lipinski definition) is 3. The maximum atomic E-state index is 12.9. The van der Waals surface area contributed by atoms with Gasteiger partial charge in [-0.05, 0) is 37.3 Å². The van der Waals surface area contributed by atoms with Gasteiger partial charge in [-0.25, -0.2) is 0 Å². The highest BCUT2D eigenvalue weighted by Gasteiger charge is 2.66. The van der Waals surface area contributed by atoms with Crippen molar-refractivity contribution < 1.29 is 14.4 Å². The summed E-state index contributed by atoms with van der Waals surface area (Å²) in [5.74, 6) is -0.363. The molecule has 1 saturated heterocycles. The fourth-order valence-electron chi connectivity index (χ4n) is 4.47. The molecule has 3 aliphatic rings. The van der Waals surface area contributed by atoms with Crippen LogP contribution in [0, 0.1) is 23.7 Å². The number of nitrogens with zero attached hydrogens (tertiary/aromatic N) is 1. The van der Waals surface area contributed by atoms with Crippen LogP contribution in [0.1, 0.15) is 23.7 Å². The second-order valence-corrected chi connectivity index (χ2v) is 8.74. The van der Waals surface area contributed by atoms with Gasteiger partial charge in [-0.15, -0.1) is 0 Å². The van der Waals surface area contributed by atoms with Gasteiger partial charge in [-0.3, -0.25) is 19.3 Å². The lowest BCUT2D eigenvalue weighted by Crippen LogP contribution is -2.37. The minimum atomic E-state index is -0.230. The van der Waals surface area contributed by atoms with Gasteiger partial charge in [-0.2, -0.15) is 0 Å². The maximum absolute atomic E-state index is 12.9. The van der Waals surface area contributed by atoms with Gasteiger partial charge < -0.3 is 0 Å². The van der Waals surface area contributed by atoms with E-state index < -0.39 is 0 Å². The first-order chi connectivity index (χ1) is 10.9. The third kappa shape index (κ3) is 2.03. The van der Waals surface area contributed by atoms with Crippen LogP contribution in [0.15, 0.2) is 24.3 Å². The molecule has 1 aromatic rings. The van der Waals surface area contributed by atoms with E-state index in [9.17, 15) is 14.4 Å². The van der Waals surface area contributed by atoms with Crippen molar-refractivity contribution in [1.82, 2.24) is 0 Å². The molecule has 0 N–H and O–H groups in total. The number of hydrogen-bond donors (Lipinski definition) is 0. The molecule has 2 saturated carbocycles. The number of Topliss-reactive ketones (excluding diaryl/α,β-unsaturated/α-hetero) is 1. The summed E-state index contributed by atoms with van der Waals surface area (Å²) in [5.41, 5.74) is 1.03. The second-order valence-electron chi connectivity index (χ2n) is 6.62. The summed E-state index contributed by atoms with van der Waals surface area (Å²) in [7, 11) is 0. The first kappa shape index (κ1) is 15.5. The van der Waals surface area contributed by atoms with E-state index in [0.717, 1.165) is 6.42 Å². The molecule has 1 heterocycles. The standard InChI is InChI=1S/C17H15Br2NO3/c1-7(21)8-3-2-4-9(5-8)20-16(22)12-10-6-11(13(12)17(20)23)15(19)14(10)18/h2-5,10-15H,6H2,1H3/t10-,11+,12-,13+,14-,15+. The molecule has 4 rings (SSSR count). The Morgan fingerprint density at radius 3 is 2.17 bits per heavy atom. The first-order valence-corrected chi connectivity index (χ1v) is 9.52. The van der Waals surface area contributed by atoms with Crippen molar-refractivity contribution in [2.24, 2.45) is 23.7 Å². The van der Waals surface area contributed by atoms with Crippen LogP contribution in [-0.4, -0.2) is 27.3 Å². The minimum absolute atomic E-state index is 0.0766. The molecule has 1 aromatic carbocycles. The number of ketones is 1. The van der Waals surface area contributed by atoms with E-state index in [1.54, 1.807) is 24.3 Å². The van der Waals surface area contributed by atoms with Crippen molar-refractivity contribution in [2.75, 3.05) is 4.90 Å². The van der Waals surface area contributed by atoms with E-state index in [4.69, 9.17) is 0 Å². The monoisotopic (exact) mass is 439 g/mol. The van der Waals surface area contributed by atoms with E-state index >= 15 is 0 Å². The number of benzene rings is 1. The summed E-state index contributed by atoms with van der Waals surface area (Å²) in [5, 5.41) is 0. The molecule has 3 fully saturated rings. The van der Waals surface area contributed by atoms with Crippen molar-refractivity contribution in [3.8, 4) is 0 Å². The molecule has 6 heteroatoms. The molecule has 2 amide bonds. The Labute approximate surface area is 150 Å². The molecule has 6 atom stereocenters. The number of fused-ring (bicyclic) bond motifs is 5. The lowest BCUT2D eigenvalue weighted by molar-refractivity contribution is -0.123. The van der Waals surface area contributed by atoms with Gasteiger partial charge in [0.25, 0.3) is 0 Å². The predicted octanol–water partition coefficient (Wildman–Crippen LogP) is 3.17. The van der Waals surface area contributed by atoms with Crippen LogP contribution in [0.5, 0.6) is 0 Å². The number of rotatable bonds is 2. The molecule has 23 heavy (non-hydrogen) atoms. The van der Waals surface area contributed by atoms with Crippen LogP contribution in [0.2, 0.25) is 0 Å². The van der Waals surface area contributed by atoms with Crippen LogP contribution >= 0.6 is 31.9 Å². The van der Waals surface area contributed by atoms with Crippen LogP contribution in [0.25, 0.3) is 0 Å². The normalized spacial score (nSPS) is 38.3. The van der Waals surface area contributed by atoms with E-state index in [2.05, 4.69) is 31.9 Å². The van der Waals surface area contributed by atoms with Gasteiger partial charge in [0, 0.05) is 15.2 Å². The zero-order valence-corrected chi connectivity index (χ0v) is 15.6. The number of carbonyl (C=O) groups is 3.